The standard InChI is InChI=1S/C17H29N3OS2.C11H19NO5.C7H14N2O2/c1-3-4-5-11-19-17(21)15-6-8-16(9-7-15)18-12-10-14(2)13-23-20-22;1-10(2,6-11(3,4)9(16)17)8(15)12-5-7(13)14;1-3-4-6(10)9-5-7(11)8-2/h6-9,14,18,20,22H,3-5,10-13H2,1-2H3,(H,19,21);5-6H2,1-4H3,(H,12,15)(H,13,14)(H,16,17);3-5H2,1-2H3,(H,8,11)(H,9,10). The van der Waals surface area contributed by atoms with E-state index in [-0.39, 0.29) is 30.7 Å². The minimum absolute atomic E-state index is 0.0116. The third-order valence-corrected chi connectivity index (χ3v) is 8.54. The lowest BCUT2D eigenvalue weighted by Crippen LogP contribution is -2.43. The molecular weight excluding hydrogens is 697 g/mol. The Morgan fingerprint density at radius 2 is 1.45 bits per heavy atom. The zero-order chi connectivity index (χ0) is 39.5. The van der Waals surface area contributed by atoms with Gasteiger partial charge in [0.2, 0.25) is 17.7 Å². The van der Waals surface area contributed by atoms with Crippen LogP contribution >= 0.6 is 24.8 Å². The third-order valence-electron chi connectivity index (χ3n) is 7.29. The van der Waals surface area contributed by atoms with Crippen molar-refractivity contribution < 1.29 is 39.0 Å². The van der Waals surface area contributed by atoms with Gasteiger partial charge in [0, 0.05) is 49.0 Å². The third kappa shape index (κ3) is 26.0. The number of aliphatic carboxylic acids is 2. The largest absolute Gasteiger partial charge is 0.481 e. The molecular formula is C35H62N6O8S2. The van der Waals surface area contributed by atoms with Crippen LogP contribution in [0.5, 0.6) is 0 Å². The fourth-order valence-electron chi connectivity index (χ4n) is 4.38. The molecule has 0 aliphatic heterocycles. The van der Waals surface area contributed by atoms with Crippen molar-refractivity contribution in [2.45, 2.75) is 93.4 Å². The maximum absolute atomic E-state index is 12.0. The topological polar surface area (TPSA) is 215 Å². The Hall–Kier alpha value is -3.50. The first-order chi connectivity index (χ1) is 23.9. The lowest BCUT2D eigenvalue weighted by atomic mass is 9.74. The number of benzene rings is 1. The van der Waals surface area contributed by atoms with Crippen LogP contribution < -0.4 is 30.7 Å². The van der Waals surface area contributed by atoms with E-state index in [1.165, 1.54) is 27.3 Å². The molecule has 0 saturated carbocycles. The lowest BCUT2D eigenvalue weighted by Gasteiger charge is -2.30. The molecule has 0 heterocycles. The summed E-state index contributed by atoms with van der Waals surface area (Å²) in [4.78, 5) is 66.3. The van der Waals surface area contributed by atoms with Crippen LogP contribution in [0.2, 0.25) is 0 Å². The molecule has 0 saturated heterocycles. The number of amides is 4. The molecule has 51 heavy (non-hydrogen) atoms. The van der Waals surface area contributed by atoms with Crippen molar-refractivity contribution in [2.75, 3.05) is 44.3 Å². The number of nitrogens with one attached hydrogen (secondary N) is 6. The van der Waals surface area contributed by atoms with E-state index >= 15 is 0 Å². The van der Waals surface area contributed by atoms with Gasteiger partial charge in [-0.25, -0.2) is 4.13 Å². The van der Waals surface area contributed by atoms with Crippen molar-refractivity contribution in [1.29, 1.82) is 0 Å². The molecule has 1 aromatic carbocycles. The molecule has 1 rings (SSSR count). The summed E-state index contributed by atoms with van der Waals surface area (Å²) < 4.78 is 2.80. The number of anilines is 1. The fourth-order valence-corrected chi connectivity index (χ4v) is 5.13. The molecule has 292 valence electrons. The number of carboxylic acid groups (broad SMARTS) is 2. The molecule has 4 amide bonds. The predicted octanol–water partition coefficient (Wildman–Crippen LogP) is 4.49. The Morgan fingerprint density at radius 3 is 1.96 bits per heavy atom. The highest BCUT2D eigenvalue weighted by molar-refractivity contribution is 8.06. The molecule has 1 atom stereocenters. The van der Waals surface area contributed by atoms with Crippen LogP contribution in [0.3, 0.4) is 0 Å². The number of hydrogen-bond donors (Lipinski definition) is 9. The summed E-state index contributed by atoms with van der Waals surface area (Å²) in [5, 5.41) is 30.9. The van der Waals surface area contributed by atoms with Crippen LogP contribution in [0.15, 0.2) is 24.3 Å². The second-order valence-electron chi connectivity index (χ2n) is 13.3. The molecule has 0 aliphatic rings. The van der Waals surface area contributed by atoms with Crippen molar-refractivity contribution >= 4 is 66.0 Å². The Balaban J connectivity index is 0. The number of carbonyl (C=O) groups is 6. The number of thiol groups is 1. The Morgan fingerprint density at radius 1 is 0.824 bits per heavy atom. The average Bonchev–Trinajstić information content (AvgIpc) is 3.07. The molecule has 1 unspecified atom stereocenters. The zero-order valence-corrected chi connectivity index (χ0v) is 33.3. The van der Waals surface area contributed by atoms with E-state index in [1.54, 1.807) is 25.8 Å². The summed E-state index contributed by atoms with van der Waals surface area (Å²) in [6.07, 6.45) is 5.88. The van der Waals surface area contributed by atoms with Crippen LogP contribution in [0, 0.1) is 16.7 Å². The fraction of sp³-hybridized carbons (Fsp3) is 0.657. The highest BCUT2D eigenvalue weighted by Gasteiger charge is 2.38. The highest BCUT2D eigenvalue weighted by Crippen LogP contribution is 2.34. The number of rotatable bonds is 22. The molecule has 0 spiro atoms. The number of likely N-dealkylation sites (N-methyl/N-ethyl adjacent to an activating group) is 1. The van der Waals surface area contributed by atoms with Crippen molar-refractivity contribution in [3.05, 3.63) is 29.8 Å². The number of hydrogen-bond acceptors (Lipinski definition) is 10. The number of carboxylic acids is 2. The minimum atomic E-state index is -1.13. The Labute approximate surface area is 313 Å². The van der Waals surface area contributed by atoms with Crippen molar-refractivity contribution in [2.24, 2.45) is 16.7 Å². The molecule has 8 N–H and O–H groups in total. The van der Waals surface area contributed by atoms with Gasteiger partial charge in [-0.1, -0.05) is 72.2 Å². The van der Waals surface area contributed by atoms with E-state index in [0.29, 0.717) is 12.3 Å². The van der Waals surface area contributed by atoms with Crippen molar-refractivity contribution in [3.63, 3.8) is 0 Å². The first kappa shape index (κ1) is 49.6. The second kappa shape index (κ2) is 28.1. The quantitative estimate of drug-likeness (QED) is 0.0456. The van der Waals surface area contributed by atoms with E-state index in [2.05, 4.69) is 57.4 Å². The van der Waals surface area contributed by atoms with Gasteiger partial charge >= 0.3 is 11.9 Å². The normalized spacial score (nSPS) is 11.3. The van der Waals surface area contributed by atoms with Gasteiger partial charge in [0.1, 0.15) is 6.54 Å². The Kier molecular flexibility index (Phi) is 27.4. The van der Waals surface area contributed by atoms with Crippen LogP contribution in [0.1, 0.15) is 104 Å². The molecule has 0 bridgehead atoms. The van der Waals surface area contributed by atoms with Crippen molar-refractivity contribution in [1.82, 2.24) is 25.4 Å². The summed E-state index contributed by atoms with van der Waals surface area (Å²) >= 11 is 5.58. The molecule has 0 aromatic heterocycles. The van der Waals surface area contributed by atoms with Gasteiger partial charge in [-0.05, 0) is 69.7 Å². The summed E-state index contributed by atoms with van der Waals surface area (Å²) in [5.41, 5.74) is -0.196. The van der Waals surface area contributed by atoms with E-state index in [1.807, 2.05) is 31.2 Å². The first-order valence-electron chi connectivity index (χ1n) is 17.2. The summed E-state index contributed by atoms with van der Waals surface area (Å²) in [5.74, 6) is -1.15. The average molecular weight is 759 g/mol. The van der Waals surface area contributed by atoms with Gasteiger partial charge in [0.25, 0.3) is 5.91 Å². The smallest absolute Gasteiger partial charge is 0.322 e. The van der Waals surface area contributed by atoms with Gasteiger partial charge in [0.05, 0.1) is 12.0 Å². The van der Waals surface area contributed by atoms with E-state index in [4.69, 9.17) is 10.2 Å². The van der Waals surface area contributed by atoms with Crippen LogP contribution in [0.4, 0.5) is 5.69 Å². The summed E-state index contributed by atoms with van der Waals surface area (Å²) in [6.45, 7) is 13.8. The predicted molar refractivity (Wildman–Crippen MR) is 208 cm³/mol. The highest BCUT2D eigenvalue weighted by atomic mass is 32.2. The lowest BCUT2D eigenvalue weighted by molar-refractivity contribution is -0.150. The number of carbonyl (C=O) groups excluding carboxylic acids is 4. The molecule has 16 heteroatoms. The van der Waals surface area contributed by atoms with Gasteiger partial charge in [0.15, 0.2) is 0 Å². The monoisotopic (exact) mass is 758 g/mol. The molecule has 14 nitrogen and oxygen atoms in total. The van der Waals surface area contributed by atoms with Gasteiger partial charge in [-0.3, -0.25) is 28.8 Å². The van der Waals surface area contributed by atoms with Gasteiger partial charge in [-0.15, -0.1) is 0 Å². The number of unbranched alkanes of at least 4 members (excludes halogenated alkanes) is 2. The maximum atomic E-state index is 12.0. The second-order valence-corrected chi connectivity index (χ2v) is 14.6. The SMILES string of the molecule is CC(C)(CC(C)(C)C(=O)NCC(=O)O)C(=O)O.CCCC(=O)NCC(=O)NC.CCCCCNC(=O)c1ccc(NCCC(C)CSNS)cc1. The van der Waals surface area contributed by atoms with Crippen molar-refractivity contribution in [3.8, 4) is 0 Å². The van der Waals surface area contributed by atoms with Crippen LogP contribution in [-0.2, 0) is 24.0 Å². The molecule has 0 aliphatic carbocycles. The molecule has 0 radical (unpaired) electrons. The van der Waals surface area contributed by atoms with E-state index in [9.17, 15) is 28.8 Å². The zero-order valence-electron chi connectivity index (χ0n) is 31.6. The van der Waals surface area contributed by atoms with Crippen LogP contribution in [-0.4, -0.2) is 84.8 Å². The summed E-state index contributed by atoms with van der Waals surface area (Å²) in [7, 11) is 1.54. The maximum Gasteiger partial charge on any atom is 0.322 e. The van der Waals surface area contributed by atoms with Gasteiger partial charge in [-0.2, -0.15) is 0 Å². The molecule has 0 fully saturated rings. The van der Waals surface area contributed by atoms with E-state index < -0.39 is 35.2 Å². The van der Waals surface area contributed by atoms with Crippen LogP contribution in [0.25, 0.3) is 0 Å². The van der Waals surface area contributed by atoms with Gasteiger partial charge < -0.3 is 36.8 Å². The first-order valence-corrected chi connectivity index (χ1v) is 18.6. The summed E-state index contributed by atoms with van der Waals surface area (Å²) in [6, 6.07) is 7.69. The minimum Gasteiger partial charge on any atom is -0.481 e. The molecule has 1 aromatic rings. The Bertz CT molecular complexity index is 1200. The van der Waals surface area contributed by atoms with E-state index in [0.717, 1.165) is 55.8 Å².